The van der Waals surface area contributed by atoms with Crippen LogP contribution in [0.3, 0.4) is 0 Å². The maximum Gasteiger partial charge on any atom is 0.272 e. The minimum atomic E-state index is -0.450. The summed E-state index contributed by atoms with van der Waals surface area (Å²) in [5.41, 5.74) is 0.909. The van der Waals surface area contributed by atoms with Gasteiger partial charge in [0.1, 0.15) is 11.6 Å². The minimum absolute atomic E-state index is 0.0164. The summed E-state index contributed by atoms with van der Waals surface area (Å²) >= 11 is 0. The quantitative estimate of drug-likeness (QED) is 0.662. The van der Waals surface area contributed by atoms with E-state index in [9.17, 15) is 14.9 Å². The van der Waals surface area contributed by atoms with Crippen LogP contribution in [-0.2, 0) is 19.4 Å². The van der Waals surface area contributed by atoms with E-state index in [1.807, 2.05) is 0 Å². The fourth-order valence-corrected chi connectivity index (χ4v) is 3.12. The molecule has 0 saturated heterocycles. The molecule has 0 aliphatic carbocycles. The van der Waals surface area contributed by atoms with E-state index in [0.717, 1.165) is 37.5 Å². The van der Waals surface area contributed by atoms with Crippen molar-refractivity contribution in [1.82, 2.24) is 20.1 Å². The molecule has 0 spiro atoms. The molecule has 1 aliphatic heterocycles. The van der Waals surface area contributed by atoms with Gasteiger partial charge in [0, 0.05) is 43.1 Å². The number of nitro benzene ring substituents is 1. The number of nitrogens with zero attached hydrogens (tertiary/aromatic N) is 4. The number of carbonyl (C=O) groups excluding carboxylic acids is 1. The van der Waals surface area contributed by atoms with Gasteiger partial charge in [-0.3, -0.25) is 14.9 Å². The van der Waals surface area contributed by atoms with Crippen LogP contribution >= 0.6 is 0 Å². The third-order valence-electron chi connectivity index (χ3n) is 4.48. The van der Waals surface area contributed by atoms with E-state index < -0.39 is 4.92 Å². The molecule has 1 N–H and O–H groups in total. The molecule has 8 heteroatoms. The number of hydrogen-bond donors (Lipinski definition) is 1. The van der Waals surface area contributed by atoms with E-state index in [-0.39, 0.29) is 11.6 Å². The Morgan fingerprint density at radius 1 is 1.32 bits per heavy atom. The van der Waals surface area contributed by atoms with Crippen LogP contribution in [0.5, 0.6) is 0 Å². The van der Waals surface area contributed by atoms with Crippen molar-refractivity contribution < 1.29 is 9.72 Å². The minimum Gasteiger partial charge on any atom is -0.352 e. The van der Waals surface area contributed by atoms with Crippen LogP contribution in [0.15, 0.2) is 18.2 Å². The van der Waals surface area contributed by atoms with Gasteiger partial charge in [0.15, 0.2) is 0 Å². The van der Waals surface area contributed by atoms with E-state index in [4.69, 9.17) is 0 Å². The van der Waals surface area contributed by atoms with Crippen LogP contribution in [0, 0.1) is 17.0 Å². The van der Waals surface area contributed by atoms with Gasteiger partial charge >= 0.3 is 0 Å². The Kier molecular flexibility index (Phi) is 5.06. The highest BCUT2D eigenvalue weighted by Gasteiger charge is 2.16. The summed E-state index contributed by atoms with van der Waals surface area (Å²) in [4.78, 5) is 22.6. The Morgan fingerprint density at radius 2 is 2.16 bits per heavy atom. The molecule has 0 fully saturated rings. The first kappa shape index (κ1) is 17.1. The Labute approximate surface area is 145 Å². The van der Waals surface area contributed by atoms with E-state index in [2.05, 4.69) is 20.1 Å². The SMILES string of the molecule is Cc1cc(C(=O)NCCc2nnc3n2CCCCC3)ccc1[N+](=O)[O-]. The highest BCUT2D eigenvalue weighted by Crippen LogP contribution is 2.19. The molecule has 2 heterocycles. The lowest BCUT2D eigenvalue weighted by atomic mass is 10.1. The van der Waals surface area contributed by atoms with E-state index >= 15 is 0 Å². The Balaban J connectivity index is 1.59. The number of nitro groups is 1. The second-order valence-corrected chi connectivity index (χ2v) is 6.26. The zero-order valence-electron chi connectivity index (χ0n) is 14.2. The molecule has 3 rings (SSSR count). The number of fused-ring (bicyclic) bond motifs is 1. The predicted molar refractivity (Wildman–Crippen MR) is 91.4 cm³/mol. The maximum absolute atomic E-state index is 12.2. The van der Waals surface area contributed by atoms with E-state index in [1.165, 1.54) is 24.6 Å². The lowest BCUT2D eigenvalue weighted by molar-refractivity contribution is -0.385. The summed E-state index contributed by atoms with van der Waals surface area (Å²) in [6.07, 6.45) is 5.06. The number of rotatable bonds is 5. The molecule has 0 atom stereocenters. The Morgan fingerprint density at radius 3 is 2.92 bits per heavy atom. The predicted octanol–water partition coefficient (Wildman–Crippen LogP) is 2.19. The van der Waals surface area contributed by atoms with Crippen molar-refractivity contribution in [3.8, 4) is 0 Å². The number of nitrogens with one attached hydrogen (secondary N) is 1. The van der Waals surface area contributed by atoms with Gasteiger partial charge in [-0.15, -0.1) is 10.2 Å². The summed E-state index contributed by atoms with van der Waals surface area (Å²) in [7, 11) is 0. The van der Waals surface area contributed by atoms with Crippen LogP contribution < -0.4 is 5.32 Å². The van der Waals surface area contributed by atoms with Crippen molar-refractivity contribution in [3.05, 3.63) is 51.1 Å². The van der Waals surface area contributed by atoms with Gasteiger partial charge in [-0.25, -0.2) is 0 Å². The second kappa shape index (κ2) is 7.42. The summed E-state index contributed by atoms with van der Waals surface area (Å²) in [6.45, 7) is 3.01. The number of amides is 1. The first-order valence-electron chi connectivity index (χ1n) is 8.50. The molecule has 1 aliphatic rings. The number of hydrogen-bond acceptors (Lipinski definition) is 5. The Bertz CT molecular complexity index is 800. The molecule has 0 saturated carbocycles. The molecule has 1 amide bonds. The lowest BCUT2D eigenvalue weighted by Gasteiger charge is -2.08. The van der Waals surface area contributed by atoms with Crippen molar-refractivity contribution >= 4 is 11.6 Å². The molecule has 132 valence electrons. The van der Waals surface area contributed by atoms with Gasteiger partial charge in [0.05, 0.1) is 4.92 Å². The zero-order chi connectivity index (χ0) is 17.8. The van der Waals surface area contributed by atoms with Gasteiger partial charge in [-0.1, -0.05) is 6.42 Å². The summed E-state index contributed by atoms with van der Waals surface area (Å²) < 4.78 is 2.16. The fraction of sp³-hybridized carbons (Fsp3) is 0.471. The molecule has 0 radical (unpaired) electrons. The first-order chi connectivity index (χ1) is 12.1. The van der Waals surface area contributed by atoms with Gasteiger partial charge in [-0.05, 0) is 31.9 Å². The number of aromatic nitrogens is 3. The molecular formula is C17H21N5O3. The van der Waals surface area contributed by atoms with Crippen molar-refractivity contribution in [1.29, 1.82) is 0 Å². The molecule has 0 unspecified atom stereocenters. The monoisotopic (exact) mass is 343 g/mol. The van der Waals surface area contributed by atoms with Gasteiger partial charge in [0.2, 0.25) is 0 Å². The van der Waals surface area contributed by atoms with Gasteiger partial charge in [-0.2, -0.15) is 0 Å². The number of carbonyl (C=O) groups is 1. The van der Waals surface area contributed by atoms with Crippen LogP contribution in [0.1, 0.15) is 46.8 Å². The number of benzene rings is 1. The van der Waals surface area contributed by atoms with Crippen molar-refractivity contribution in [2.75, 3.05) is 6.54 Å². The topological polar surface area (TPSA) is 103 Å². The maximum atomic E-state index is 12.2. The van der Waals surface area contributed by atoms with Crippen LogP contribution in [0.2, 0.25) is 0 Å². The summed E-state index contributed by atoms with van der Waals surface area (Å²) in [5.74, 6) is 1.69. The normalized spacial score (nSPS) is 13.8. The fourth-order valence-electron chi connectivity index (χ4n) is 3.12. The molecular weight excluding hydrogens is 322 g/mol. The zero-order valence-corrected chi connectivity index (χ0v) is 14.2. The molecule has 2 aromatic rings. The first-order valence-corrected chi connectivity index (χ1v) is 8.50. The van der Waals surface area contributed by atoms with E-state index in [1.54, 1.807) is 6.92 Å². The molecule has 25 heavy (non-hydrogen) atoms. The van der Waals surface area contributed by atoms with Crippen LogP contribution in [0.4, 0.5) is 5.69 Å². The summed E-state index contributed by atoms with van der Waals surface area (Å²) in [6, 6.07) is 4.38. The highest BCUT2D eigenvalue weighted by atomic mass is 16.6. The van der Waals surface area contributed by atoms with Gasteiger partial charge < -0.3 is 9.88 Å². The third-order valence-corrected chi connectivity index (χ3v) is 4.48. The Hall–Kier alpha value is -2.77. The highest BCUT2D eigenvalue weighted by molar-refractivity contribution is 5.94. The lowest BCUT2D eigenvalue weighted by Crippen LogP contribution is -2.26. The molecule has 0 bridgehead atoms. The standard InChI is InChI=1S/C17H21N5O3/c1-12-11-13(6-7-14(12)22(24)25)17(23)18-9-8-16-20-19-15-5-3-2-4-10-21(15)16/h6-7,11H,2-5,8-10H2,1H3,(H,18,23). The second-order valence-electron chi connectivity index (χ2n) is 6.26. The van der Waals surface area contributed by atoms with E-state index in [0.29, 0.717) is 24.1 Å². The van der Waals surface area contributed by atoms with Crippen LogP contribution in [-0.4, -0.2) is 32.1 Å². The van der Waals surface area contributed by atoms with Crippen molar-refractivity contribution in [3.63, 3.8) is 0 Å². The van der Waals surface area contributed by atoms with Crippen molar-refractivity contribution in [2.24, 2.45) is 0 Å². The smallest absolute Gasteiger partial charge is 0.272 e. The average Bonchev–Trinajstić information content (AvgIpc) is 2.81. The van der Waals surface area contributed by atoms with Crippen LogP contribution in [0.25, 0.3) is 0 Å². The van der Waals surface area contributed by atoms with Gasteiger partial charge in [0.25, 0.3) is 11.6 Å². The summed E-state index contributed by atoms with van der Waals surface area (Å²) in [5, 5.41) is 22.2. The number of aryl methyl sites for hydroxylation is 2. The molecule has 1 aromatic heterocycles. The third kappa shape index (κ3) is 3.84. The molecule has 1 aromatic carbocycles. The average molecular weight is 343 g/mol. The van der Waals surface area contributed by atoms with Crippen molar-refractivity contribution in [2.45, 2.75) is 45.6 Å². The largest absolute Gasteiger partial charge is 0.352 e. The molecule has 8 nitrogen and oxygen atoms in total.